The summed E-state index contributed by atoms with van der Waals surface area (Å²) < 4.78 is 28.2. The predicted octanol–water partition coefficient (Wildman–Crippen LogP) is -1.39. The Morgan fingerprint density at radius 1 is 0.810 bits per heavy atom. The molecule has 10 atom stereocenters. The molecule has 0 saturated carbocycles. The maximum absolute atomic E-state index is 13.5. The highest BCUT2D eigenvalue weighted by atomic mass is 16.7. The van der Waals surface area contributed by atoms with E-state index in [1.807, 2.05) is 0 Å². The van der Waals surface area contributed by atoms with E-state index in [0.29, 0.717) is 0 Å². The lowest BCUT2D eigenvalue weighted by atomic mass is 9.97. The van der Waals surface area contributed by atoms with Crippen LogP contribution in [0.25, 0.3) is 22.3 Å². The number of ether oxygens (including phenoxy) is 4. The van der Waals surface area contributed by atoms with Gasteiger partial charge in [0.25, 0.3) is 0 Å². The van der Waals surface area contributed by atoms with Crippen LogP contribution in [0.3, 0.4) is 0 Å². The van der Waals surface area contributed by atoms with E-state index < -0.39 is 84.9 Å². The van der Waals surface area contributed by atoms with E-state index in [9.17, 15) is 50.8 Å². The highest BCUT2D eigenvalue weighted by Gasteiger charge is 2.50. The molecule has 2 saturated heterocycles. The van der Waals surface area contributed by atoms with Crippen LogP contribution in [0.2, 0.25) is 0 Å². The third-order valence-corrected chi connectivity index (χ3v) is 7.20. The van der Waals surface area contributed by atoms with Crippen LogP contribution in [0.15, 0.2) is 45.6 Å². The molecule has 1 aromatic heterocycles. The number of phenolic OH excluding ortho intramolecular Hbond substituents is 3. The second-order valence-electron chi connectivity index (χ2n) is 10.1. The molecule has 2 fully saturated rings. The van der Waals surface area contributed by atoms with Crippen molar-refractivity contribution in [1.82, 2.24) is 0 Å². The number of hydrogen-bond acceptors (Lipinski definition) is 15. The summed E-state index contributed by atoms with van der Waals surface area (Å²) in [4.78, 5) is 13.5. The predicted molar refractivity (Wildman–Crippen MR) is 139 cm³/mol. The fourth-order valence-electron chi connectivity index (χ4n) is 4.92. The van der Waals surface area contributed by atoms with Gasteiger partial charge in [-0.05, 0) is 31.2 Å². The second kappa shape index (κ2) is 11.6. The Morgan fingerprint density at radius 3 is 2.14 bits per heavy atom. The minimum Gasteiger partial charge on any atom is -0.508 e. The molecule has 0 amide bonds. The van der Waals surface area contributed by atoms with Crippen molar-refractivity contribution in [3.05, 3.63) is 46.6 Å². The summed E-state index contributed by atoms with van der Waals surface area (Å²) in [5.74, 6) is -1.84. The Balaban J connectivity index is 1.45. The van der Waals surface area contributed by atoms with Crippen LogP contribution in [0.1, 0.15) is 6.92 Å². The molecule has 0 radical (unpaired) electrons. The van der Waals surface area contributed by atoms with Crippen molar-refractivity contribution in [3.63, 3.8) is 0 Å². The number of hydrogen-bond donors (Lipinski definition) is 9. The third kappa shape index (κ3) is 5.37. The van der Waals surface area contributed by atoms with Crippen LogP contribution in [0.5, 0.6) is 23.0 Å². The summed E-state index contributed by atoms with van der Waals surface area (Å²) in [6.45, 7) is 0.702. The van der Waals surface area contributed by atoms with Crippen molar-refractivity contribution in [2.75, 3.05) is 6.61 Å². The van der Waals surface area contributed by atoms with Crippen LogP contribution in [-0.2, 0) is 14.2 Å². The Labute approximate surface area is 236 Å². The number of aliphatic hydroxyl groups excluding tert-OH is 6. The molecule has 5 rings (SSSR count). The van der Waals surface area contributed by atoms with E-state index in [4.69, 9.17) is 23.4 Å². The van der Waals surface area contributed by atoms with Gasteiger partial charge in [0.1, 0.15) is 70.9 Å². The summed E-state index contributed by atoms with van der Waals surface area (Å²) in [5.41, 5.74) is -0.874. The van der Waals surface area contributed by atoms with Crippen LogP contribution in [0, 0.1) is 0 Å². The Morgan fingerprint density at radius 2 is 1.48 bits per heavy atom. The van der Waals surface area contributed by atoms with E-state index in [2.05, 4.69) is 0 Å². The van der Waals surface area contributed by atoms with Gasteiger partial charge in [0.05, 0.1) is 12.7 Å². The molecule has 15 nitrogen and oxygen atoms in total. The van der Waals surface area contributed by atoms with Gasteiger partial charge in [-0.25, -0.2) is 0 Å². The topological polar surface area (TPSA) is 249 Å². The number of benzene rings is 2. The highest BCUT2D eigenvalue weighted by Crippen LogP contribution is 2.38. The molecule has 0 unspecified atom stereocenters. The van der Waals surface area contributed by atoms with Crippen molar-refractivity contribution in [1.29, 1.82) is 0 Å². The fraction of sp³-hybridized carbons (Fsp3) is 0.444. The molecule has 228 valence electrons. The van der Waals surface area contributed by atoms with Gasteiger partial charge in [0.15, 0.2) is 12.1 Å². The highest BCUT2D eigenvalue weighted by molar-refractivity contribution is 5.88. The number of rotatable bonds is 6. The van der Waals surface area contributed by atoms with Gasteiger partial charge in [0.2, 0.25) is 17.5 Å². The first-order chi connectivity index (χ1) is 19.9. The van der Waals surface area contributed by atoms with Gasteiger partial charge in [-0.1, -0.05) is 0 Å². The monoisotopic (exact) mass is 594 g/mol. The van der Waals surface area contributed by atoms with Gasteiger partial charge in [-0.15, -0.1) is 0 Å². The molecule has 2 aliphatic rings. The average molecular weight is 595 g/mol. The van der Waals surface area contributed by atoms with Crippen molar-refractivity contribution < 1.29 is 69.3 Å². The van der Waals surface area contributed by atoms with Gasteiger partial charge in [0, 0.05) is 17.7 Å². The molecular weight excluding hydrogens is 564 g/mol. The first-order valence-corrected chi connectivity index (χ1v) is 12.9. The van der Waals surface area contributed by atoms with E-state index in [1.54, 1.807) is 0 Å². The molecule has 42 heavy (non-hydrogen) atoms. The molecule has 3 heterocycles. The standard InChI is InChI=1S/C27H30O15/c1-9-23(41-27-21(36)19(34)17(32)15(8-28)40-27)20(35)22(37)26(38-9)42-25-18(33)16-13(31)6-12(30)7-14(16)39-24(25)10-2-4-11(29)5-3-10/h2-7,9,15,17,19-23,26-32,34-37H,8H2,1H3/t9-,15-,17-,19+,20+,21-,22-,23+,26+,27+/m1/s1. The summed E-state index contributed by atoms with van der Waals surface area (Å²) in [6, 6.07) is 7.43. The first-order valence-electron chi connectivity index (χ1n) is 12.9. The Bertz CT molecular complexity index is 1470. The zero-order valence-corrected chi connectivity index (χ0v) is 21.9. The molecule has 0 aliphatic carbocycles. The SMILES string of the molecule is C[C@H]1O[C@@H](Oc2c(-c3ccc(O)cc3)oc3cc(O)cc(O)c3c2=O)[C@H](O)[C@H](O)[C@H]1O[C@@H]1O[C@H](CO)[C@@H](O)[C@H](O)[C@H]1O. The molecule has 15 heteroatoms. The molecule has 2 aliphatic heterocycles. The van der Waals surface area contributed by atoms with E-state index in [0.717, 1.165) is 12.1 Å². The van der Waals surface area contributed by atoms with Crippen LogP contribution < -0.4 is 10.2 Å². The first kappa shape index (κ1) is 30.0. The molecular formula is C27H30O15. The van der Waals surface area contributed by atoms with E-state index in [1.165, 1.54) is 31.2 Å². The zero-order valence-electron chi connectivity index (χ0n) is 21.9. The van der Waals surface area contributed by atoms with Crippen LogP contribution >= 0.6 is 0 Å². The van der Waals surface area contributed by atoms with Gasteiger partial charge >= 0.3 is 0 Å². The van der Waals surface area contributed by atoms with Crippen molar-refractivity contribution >= 4 is 11.0 Å². The van der Waals surface area contributed by atoms with Crippen molar-refractivity contribution in [3.8, 4) is 34.3 Å². The number of aliphatic hydroxyl groups is 6. The van der Waals surface area contributed by atoms with Gasteiger partial charge in [-0.2, -0.15) is 0 Å². The Kier molecular flexibility index (Phi) is 8.30. The quantitative estimate of drug-likeness (QED) is 0.159. The van der Waals surface area contributed by atoms with E-state index >= 15 is 0 Å². The van der Waals surface area contributed by atoms with Crippen molar-refractivity contribution in [2.24, 2.45) is 0 Å². The summed E-state index contributed by atoms with van der Waals surface area (Å²) >= 11 is 0. The van der Waals surface area contributed by atoms with Gasteiger partial charge < -0.3 is 69.3 Å². The van der Waals surface area contributed by atoms with Crippen LogP contribution in [-0.4, -0.2) is 114 Å². The fourth-order valence-corrected chi connectivity index (χ4v) is 4.92. The lowest BCUT2D eigenvalue weighted by Crippen LogP contribution is -2.64. The third-order valence-electron chi connectivity index (χ3n) is 7.20. The lowest BCUT2D eigenvalue weighted by Gasteiger charge is -2.45. The minimum absolute atomic E-state index is 0.0898. The second-order valence-corrected chi connectivity index (χ2v) is 10.1. The molecule has 3 aromatic rings. The number of aromatic hydroxyl groups is 3. The minimum atomic E-state index is -1.88. The maximum atomic E-state index is 13.5. The molecule has 0 bridgehead atoms. The van der Waals surface area contributed by atoms with Crippen LogP contribution in [0.4, 0.5) is 0 Å². The number of phenols is 3. The van der Waals surface area contributed by atoms with Crippen molar-refractivity contribution in [2.45, 2.75) is 68.3 Å². The summed E-state index contributed by atoms with van der Waals surface area (Å²) in [7, 11) is 0. The Hall–Kier alpha value is -3.51. The average Bonchev–Trinajstić information content (AvgIpc) is 2.95. The van der Waals surface area contributed by atoms with Gasteiger partial charge in [-0.3, -0.25) is 4.79 Å². The molecule has 9 N–H and O–H groups in total. The largest absolute Gasteiger partial charge is 0.508 e. The zero-order chi connectivity index (χ0) is 30.5. The lowest BCUT2D eigenvalue weighted by molar-refractivity contribution is -0.348. The normalized spacial score (nSPS) is 33.5. The summed E-state index contributed by atoms with van der Waals surface area (Å²) in [6.07, 6.45) is -15.9. The molecule has 0 spiro atoms. The maximum Gasteiger partial charge on any atom is 0.239 e. The smallest absolute Gasteiger partial charge is 0.239 e. The van der Waals surface area contributed by atoms with E-state index in [-0.39, 0.29) is 33.8 Å². The summed E-state index contributed by atoms with van der Waals surface area (Å²) in [5, 5.41) is 91.2. The number of fused-ring (bicyclic) bond motifs is 1. The molecule has 2 aromatic carbocycles.